The fourth-order valence-electron chi connectivity index (χ4n) is 2.77. The fourth-order valence-corrected chi connectivity index (χ4v) is 2.77. The van der Waals surface area contributed by atoms with Crippen LogP contribution in [0.2, 0.25) is 0 Å². The highest BCUT2D eigenvalue weighted by Gasteiger charge is 2.40. The summed E-state index contributed by atoms with van der Waals surface area (Å²) in [5.41, 5.74) is 0.0476. The zero-order valence-corrected chi connectivity index (χ0v) is 10.7. The minimum atomic E-state index is 0.0476. The number of hydrogen-bond donors (Lipinski definition) is 1. The molecule has 2 heteroatoms. The van der Waals surface area contributed by atoms with Gasteiger partial charge in [0.1, 0.15) is 0 Å². The number of rotatable bonds is 7. The van der Waals surface area contributed by atoms with Crippen LogP contribution >= 0.6 is 0 Å². The van der Waals surface area contributed by atoms with Crippen molar-refractivity contribution >= 4 is 0 Å². The van der Waals surface area contributed by atoms with Crippen molar-refractivity contribution in [2.45, 2.75) is 63.5 Å². The van der Waals surface area contributed by atoms with E-state index >= 15 is 0 Å². The number of hydrogen-bond acceptors (Lipinski definition) is 2. The van der Waals surface area contributed by atoms with Crippen LogP contribution in [0.4, 0.5) is 0 Å². The van der Waals surface area contributed by atoms with Crippen LogP contribution in [0, 0.1) is 12.3 Å². The largest absolute Gasteiger partial charge is 0.377 e. The van der Waals surface area contributed by atoms with Gasteiger partial charge in [0.25, 0.3) is 0 Å². The zero-order chi connectivity index (χ0) is 11.9. The summed E-state index contributed by atoms with van der Waals surface area (Å²) < 4.78 is 5.82. The summed E-state index contributed by atoms with van der Waals surface area (Å²) in [6.45, 7) is 3.25. The van der Waals surface area contributed by atoms with Crippen LogP contribution < -0.4 is 5.32 Å². The molecule has 2 nitrogen and oxygen atoms in total. The molecular formula is C14H25NO. The molecule has 0 aromatic rings. The van der Waals surface area contributed by atoms with E-state index in [-0.39, 0.29) is 5.60 Å². The van der Waals surface area contributed by atoms with Crippen LogP contribution in [0.3, 0.4) is 0 Å². The van der Waals surface area contributed by atoms with Gasteiger partial charge in [0, 0.05) is 19.6 Å². The van der Waals surface area contributed by atoms with E-state index in [2.05, 4.69) is 18.2 Å². The van der Waals surface area contributed by atoms with Gasteiger partial charge in [-0.2, -0.15) is 0 Å². The summed E-state index contributed by atoms with van der Waals surface area (Å²) in [5, 5.41) is 3.62. The van der Waals surface area contributed by atoms with Crippen molar-refractivity contribution in [3.05, 3.63) is 0 Å². The number of methoxy groups -OCH3 is 1. The Bertz CT molecular complexity index is 225. The number of ether oxygens (including phenoxy) is 1. The van der Waals surface area contributed by atoms with Crippen LogP contribution in [0.1, 0.15) is 51.9 Å². The van der Waals surface area contributed by atoms with E-state index in [4.69, 9.17) is 11.2 Å². The monoisotopic (exact) mass is 223 g/mol. The van der Waals surface area contributed by atoms with Gasteiger partial charge in [-0.1, -0.05) is 19.8 Å². The van der Waals surface area contributed by atoms with Gasteiger partial charge in [-0.25, -0.2) is 0 Å². The van der Waals surface area contributed by atoms with Crippen molar-refractivity contribution in [3.8, 4) is 12.3 Å². The summed E-state index contributed by atoms with van der Waals surface area (Å²) in [6.07, 6.45) is 13.3. The summed E-state index contributed by atoms with van der Waals surface area (Å²) in [6, 6.07) is 0.427. The second-order valence-electron chi connectivity index (χ2n) is 4.73. The average molecular weight is 223 g/mol. The van der Waals surface area contributed by atoms with E-state index in [1.54, 1.807) is 0 Å². The second-order valence-corrected chi connectivity index (χ2v) is 4.73. The highest BCUT2D eigenvalue weighted by atomic mass is 16.5. The van der Waals surface area contributed by atoms with Crippen LogP contribution in [0.25, 0.3) is 0 Å². The minimum Gasteiger partial charge on any atom is -0.377 e. The maximum atomic E-state index is 5.82. The summed E-state index contributed by atoms with van der Waals surface area (Å²) in [5.74, 6) is 2.74. The van der Waals surface area contributed by atoms with Crippen molar-refractivity contribution in [2.75, 3.05) is 13.7 Å². The van der Waals surface area contributed by atoms with Gasteiger partial charge < -0.3 is 10.1 Å². The lowest BCUT2D eigenvalue weighted by Gasteiger charge is -2.37. The lowest BCUT2D eigenvalue weighted by atomic mass is 9.88. The molecule has 0 amide bonds. The molecule has 1 unspecified atom stereocenters. The van der Waals surface area contributed by atoms with E-state index in [9.17, 15) is 0 Å². The fraction of sp³-hybridized carbons (Fsp3) is 0.857. The maximum absolute atomic E-state index is 5.82. The van der Waals surface area contributed by atoms with Crippen LogP contribution in [-0.2, 0) is 4.74 Å². The van der Waals surface area contributed by atoms with Crippen molar-refractivity contribution in [2.24, 2.45) is 0 Å². The molecule has 92 valence electrons. The molecule has 1 N–H and O–H groups in total. The predicted molar refractivity (Wildman–Crippen MR) is 68.4 cm³/mol. The predicted octanol–water partition coefficient (Wildman–Crippen LogP) is 2.73. The molecule has 0 spiro atoms. The quantitative estimate of drug-likeness (QED) is 0.670. The Labute approximate surface area is 100 Å². The standard InChI is InChI=1S/C14H25NO/c1-4-6-9-13(15-12-5-2)14(16-3)10-7-8-11-14/h1,13,15H,5-12H2,2-3H3. The Kier molecular flexibility index (Phi) is 5.87. The number of nitrogens with one attached hydrogen (secondary N) is 1. The second kappa shape index (κ2) is 6.93. The third-order valence-electron chi connectivity index (χ3n) is 3.71. The first-order valence-electron chi connectivity index (χ1n) is 6.51. The summed E-state index contributed by atoms with van der Waals surface area (Å²) in [7, 11) is 1.85. The zero-order valence-electron chi connectivity index (χ0n) is 10.7. The first-order chi connectivity index (χ1) is 7.79. The van der Waals surface area contributed by atoms with E-state index in [0.29, 0.717) is 6.04 Å². The molecule has 0 aromatic heterocycles. The Balaban J connectivity index is 2.60. The molecule has 0 radical (unpaired) electrons. The van der Waals surface area contributed by atoms with E-state index in [0.717, 1.165) is 25.8 Å². The van der Waals surface area contributed by atoms with E-state index in [1.807, 2.05) is 7.11 Å². The summed E-state index contributed by atoms with van der Waals surface area (Å²) in [4.78, 5) is 0. The van der Waals surface area contributed by atoms with Gasteiger partial charge in [-0.05, 0) is 32.2 Å². The van der Waals surface area contributed by atoms with Crippen molar-refractivity contribution in [3.63, 3.8) is 0 Å². The first-order valence-corrected chi connectivity index (χ1v) is 6.51. The molecule has 1 fully saturated rings. The van der Waals surface area contributed by atoms with Crippen molar-refractivity contribution < 1.29 is 4.74 Å². The lowest BCUT2D eigenvalue weighted by molar-refractivity contribution is -0.0373. The molecule has 1 atom stereocenters. The van der Waals surface area contributed by atoms with Crippen LogP contribution in [0.5, 0.6) is 0 Å². The van der Waals surface area contributed by atoms with Crippen molar-refractivity contribution in [1.29, 1.82) is 0 Å². The van der Waals surface area contributed by atoms with E-state index in [1.165, 1.54) is 25.7 Å². The molecule has 16 heavy (non-hydrogen) atoms. The van der Waals surface area contributed by atoms with Crippen LogP contribution in [-0.4, -0.2) is 25.3 Å². The van der Waals surface area contributed by atoms with Gasteiger partial charge in [0.2, 0.25) is 0 Å². The third-order valence-corrected chi connectivity index (χ3v) is 3.71. The molecule has 1 aliphatic carbocycles. The van der Waals surface area contributed by atoms with Gasteiger partial charge >= 0.3 is 0 Å². The average Bonchev–Trinajstić information content (AvgIpc) is 2.79. The molecule has 0 saturated heterocycles. The molecule has 0 aromatic carbocycles. The van der Waals surface area contributed by atoms with Gasteiger partial charge in [0.15, 0.2) is 0 Å². The Morgan fingerprint density at radius 2 is 2.12 bits per heavy atom. The van der Waals surface area contributed by atoms with Gasteiger partial charge in [-0.15, -0.1) is 12.3 Å². The van der Waals surface area contributed by atoms with Crippen molar-refractivity contribution in [1.82, 2.24) is 5.32 Å². The Morgan fingerprint density at radius 3 is 2.62 bits per heavy atom. The Morgan fingerprint density at radius 1 is 1.44 bits per heavy atom. The molecular weight excluding hydrogens is 198 g/mol. The highest BCUT2D eigenvalue weighted by molar-refractivity contribution is 4.99. The highest BCUT2D eigenvalue weighted by Crippen LogP contribution is 2.37. The molecule has 1 aliphatic rings. The van der Waals surface area contributed by atoms with Crippen LogP contribution in [0.15, 0.2) is 0 Å². The molecule has 1 saturated carbocycles. The topological polar surface area (TPSA) is 21.3 Å². The molecule has 0 heterocycles. The van der Waals surface area contributed by atoms with Gasteiger partial charge in [0.05, 0.1) is 5.60 Å². The van der Waals surface area contributed by atoms with E-state index < -0.39 is 0 Å². The number of terminal acetylenes is 1. The third kappa shape index (κ3) is 3.23. The lowest BCUT2D eigenvalue weighted by Crippen LogP contribution is -2.50. The summed E-state index contributed by atoms with van der Waals surface area (Å²) >= 11 is 0. The maximum Gasteiger partial charge on any atom is 0.0831 e. The molecule has 0 aliphatic heterocycles. The van der Waals surface area contributed by atoms with Gasteiger partial charge in [-0.3, -0.25) is 0 Å². The normalized spacial score (nSPS) is 20.6. The smallest absolute Gasteiger partial charge is 0.0831 e. The molecule has 0 bridgehead atoms. The molecule has 1 rings (SSSR count). The Hall–Kier alpha value is -0.520. The SMILES string of the molecule is C#CCCC(NCCC)C1(OC)CCCC1. The minimum absolute atomic E-state index is 0.0476. The first kappa shape index (κ1) is 13.5.